The molecule has 2 unspecified atom stereocenters. The van der Waals surface area contributed by atoms with Gasteiger partial charge in [-0.1, -0.05) is 50.1 Å². The summed E-state index contributed by atoms with van der Waals surface area (Å²) in [6, 6.07) is 0. The van der Waals surface area contributed by atoms with Gasteiger partial charge in [-0.3, -0.25) is 0 Å². The summed E-state index contributed by atoms with van der Waals surface area (Å²) in [5.41, 5.74) is 2.57. The summed E-state index contributed by atoms with van der Waals surface area (Å²) >= 11 is 0. The predicted octanol–water partition coefficient (Wildman–Crippen LogP) is 5.75. The molecule has 0 amide bonds. The van der Waals surface area contributed by atoms with E-state index in [0.29, 0.717) is 16.7 Å². The second kappa shape index (κ2) is 5.79. The van der Waals surface area contributed by atoms with Gasteiger partial charge >= 0.3 is 0 Å². The number of oxime groups is 1. The first kappa shape index (κ1) is 16.8. The maximum atomic E-state index is 5.01. The van der Waals surface area contributed by atoms with Gasteiger partial charge in [-0.2, -0.15) is 0 Å². The van der Waals surface area contributed by atoms with Crippen LogP contribution in [-0.4, -0.2) is 13.3 Å². The molecule has 23 heavy (non-hydrogen) atoms. The highest BCUT2D eigenvalue weighted by molar-refractivity contribution is 5.66. The molecule has 0 radical (unpaired) electrons. The first-order chi connectivity index (χ1) is 10.9. The zero-order valence-corrected chi connectivity index (χ0v) is 15.4. The average molecular weight is 316 g/mol. The van der Waals surface area contributed by atoms with E-state index in [2.05, 4.69) is 50.9 Å². The summed E-state index contributed by atoms with van der Waals surface area (Å²) < 4.78 is 0. The fraction of sp³-hybridized carbons (Fsp3) is 0.762. The summed E-state index contributed by atoms with van der Waals surface area (Å²) in [7, 11) is 1.65. The number of hydrogen-bond acceptors (Lipinski definition) is 2. The summed E-state index contributed by atoms with van der Waals surface area (Å²) in [6.45, 7) is 11.4. The molecule has 2 heteroatoms. The molecule has 0 bridgehead atoms. The quantitative estimate of drug-likeness (QED) is 0.369. The van der Waals surface area contributed by atoms with Crippen molar-refractivity contribution in [2.75, 3.05) is 7.11 Å². The number of allylic oxidation sites excluding steroid dienone is 3. The van der Waals surface area contributed by atoms with Crippen LogP contribution in [0.25, 0.3) is 0 Å². The number of fused-ring (bicyclic) bond motifs is 3. The van der Waals surface area contributed by atoms with Crippen LogP contribution in [-0.2, 0) is 4.84 Å². The summed E-state index contributed by atoms with van der Waals surface area (Å²) in [6.07, 6.45) is 15.8. The Balaban J connectivity index is 1.95. The van der Waals surface area contributed by atoms with Gasteiger partial charge in [0.25, 0.3) is 0 Å². The van der Waals surface area contributed by atoms with E-state index in [1.165, 1.54) is 38.5 Å². The Hall–Kier alpha value is -1.05. The molecule has 0 aromatic carbocycles. The largest absolute Gasteiger partial charge is 0.399 e. The lowest BCUT2D eigenvalue weighted by Gasteiger charge is -2.58. The van der Waals surface area contributed by atoms with Crippen molar-refractivity contribution in [2.24, 2.45) is 33.2 Å². The van der Waals surface area contributed by atoms with Crippen LogP contribution in [0, 0.1) is 28.1 Å². The Bertz CT molecular complexity index is 536. The van der Waals surface area contributed by atoms with Crippen molar-refractivity contribution in [1.82, 2.24) is 0 Å². The van der Waals surface area contributed by atoms with Crippen LogP contribution in [0.4, 0.5) is 0 Å². The Kier molecular flexibility index (Phi) is 4.23. The van der Waals surface area contributed by atoms with Gasteiger partial charge in [-0.05, 0) is 61.2 Å². The van der Waals surface area contributed by atoms with Gasteiger partial charge in [0.1, 0.15) is 7.11 Å². The molecule has 0 N–H and O–H groups in total. The summed E-state index contributed by atoms with van der Waals surface area (Å²) in [5.74, 6) is 1.45. The molecule has 5 atom stereocenters. The maximum Gasteiger partial charge on any atom is 0.106 e. The van der Waals surface area contributed by atoms with E-state index >= 15 is 0 Å². The molecule has 2 nitrogen and oxygen atoms in total. The fourth-order valence-electron chi connectivity index (χ4n) is 5.99. The van der Waals surface area contributed by atoms with Gasteiger partial charge in [-0.15, -0.1) is 6.58 Å². The van der Waals surface area contributed by atoms with Crippen molar-refractivity contribution in [2.45, 2.75) is 65.7 Å². The highest BCUT2D eigenvalue weighted by Gasteiger charge is 2.54. The molecule has 0 aromatic rings. The number of hydrogen-bond donors (Lipinski definition) is 0. The standard InChI is InChI=1S/C21H33NO/c1-6-19(2)13-10-17-16(14-19)8-9-18-20(3,15-22-23-5)11-7-12-21(17,18)4/h6,10,15-16,18H,1,7-9,11-14H2,2-5H3/b22-15+/t16?,18?,19-,20-,21-/m1/s1. The molecule has 128 valence electrons. The van der Waals surface area contributed by atoms with Crippen LogP contribution in [0.5, 0.6) is 0 Å². The molecular weight excluding hydrogens is 282 g/mol. The fourth-order valence-corrected chi connectivity index (χ4v) is 5.99. The Morgan fingerprint density at radius 3 is 2.74 bits per heavy atom. The van der Waals surface area contributed by atoms with Crippen LogP contribution in [0.2, 0.25) is 0 Å². The third kappa shape index (κ3) is 2.68. The van der Waals surface area contributed by atoms with E-state index in [-0.39, 0.29) is 5.41 Å². The van der Waals surface area contributed by atoms with Crippen LogP contribution in [0.15, 0.2) is 29.5 Å². The first-order valence-corrected chi connectivity index (χ1v) is 9.29. The molecule has 3 rings (SSSR count). The van der Waals surface area contributed by atoms with E-state index in [4.69, 9.17) is 4.84 Å². The van der Waals surface area contributed by atoms with Crippen molar-refractivity contribution >= 4 is 6.21 Å². The monoisotopic (exact) mass is 315 g/mol. The lowest BCUT2D eigenvalue weighted by molar-refractivity contribution is 0.0124. The van der Waals surface area contributed by atoms with Crippen molar-refractivity contribution in [3.05, 3.63) is 24.3 Å². The lowest BCUT2D eigenvalue weighted by Crippen LogP contribution is -2.50. The Morgan fingerprint density at radius 1 is 1.26 bits per heavy atom. The average Bonchev–Trinajstić information content (AvgIpc) is 2.52. The summed E-state index contributed by atoms with van der Waals surface area (Å²) in [5, 5.41) is 4.17. The molecule has 0 aliphatic heterocycles. The van der Waals surface area contributed by atoms with Gasteiger partial charge in [-0.25, -0.2) is 0 Å². The molecule has 0 heterocycles. The SMILES string of the molecule is C=C[C@]1(C)CC=C2C(CCC3[C@@](C)(/C=N/OC)CCC[C@]23C)C1. The first-order valence-electron chi connectivity index (χ1n) is 9.29. The zero-order valence-electron chi connectivity index (χ0n) is 15.4. The van der Waals surface area contributed by atoms with E-state index in [9.17, 15) is 0 Å². The molecular formula is C21H33NO. The number of rotatable bonds is 3. The smallest absolute Gasteiger partial charge is 0.106 e. The van der Waals surface area contributed by atoms with Crippen LogP contribution in [0.3, 0.4) is 0 Å². The lowest BCUT2D eigenvalue weighted by atomic mass is 9.46. The minimum absolute atomic E-state index is 0.175. The molecule has 3 aliphatic carbocycles. The number of nitrogens with zero attached hydrogens (tertiary/aromatic N) is 1. The molecule has 2 fully saturated rings. The minimum Gasteiger partial charge on any atom is -0.399 e. The normalized spacial score (nSPS) is 46.7. The van der Waals surface area contributed by atoms with Crippen LogP contribution >= 0.6 is 0 Å². The van der Waals surface area contributed by atoms with Crippen molar-refractivity contribution in [3.8, 4) is 0 Å². The molecule has 0 spiro atoms. The predicted molar refractivity (Wildman–Crippen MR) is 97.4 cm³/mol. The Morgan fingerprint density at radius 2 is 2.04 bits per heavy atom. The zero-order chi connectivity index (χ0) is 16.7. The van der Waals surface area contributed by atoms with Gasteiger partial charge in [0.15, 0.2) is 0 Å². The van der Waals surface area contributed by atoms with Crippen molar-refractivity contribution in [3.63, 3.8) is 0 Å². The van der Waals surface area contributed by atoms with Crippen LogP contribution < -0.4 is 0 Å². The second-order valence-electron chi connectivity index (χ2n) is 8.95. The highest BCUT2D eigenvalue weighted by Crippen LogP contribution is 2.63. The van der Waals surface area contributed by atoms with Crippen LogP contribution in [0.1, 0.15) is 65.7 Å². The molecule has 0 aromatic heterocycles. The van der Waals surface area contributed by atoms with Gasteiger partial charge in [0.2, 0.25) is 0 Å². The van der Waals surface area contributed by atoms with E-state index < -0.39 is 0 Å². The summed E-state index contributed by atoms with van der Waals surface area (Å²) in [4.78, 5) is 5.01. The molecule has 3 aliphatic rings. The topological polar surface area (TPSA) is 21.6 Å². The van der Waals surface area contributed by atoms with Gasteiger partial charge in [0.05, 0.1) is 0 Å². The Labute approximate surface area is 142 Å². The van der Waals surface area contributed by atoms with E-state index in [1.54, 1.807) is 12.7 Å². The van der Waals surface area contributed by atoms with Gasteiger partial charge in [0, 0.05) is 11.6 Å². The van der Waals surface area contributed by atoms with Gasteiger partial charge < -0.3 is 4.84 Å². The third-order valence-electron chi connectivity index (χ3n) is 7.33. The van der Waals surface area contributed by atoms with Crippen molar-refractivity contribution in [1.29, 1.82) is 0 Å². The van der Waals surface area contributed by atoms with E-state index in [1.807, 2.05) is 0 Å². The molecule has 2 saturated carbocycles. The van der Waals surface area contributed by atoms with E-state index in [0.717, 1.165) is 12.3 Å². The maximum absolute atomic E-state index is 5.01. The second-order valence-corrected chi connectivity index (χ2v) is 8.95. The highest BCUT2D eigenvalue weighted by atomic mass is 16.6. The minimum atomic E-state index is 0.175. The third-order valence-corrected chi connectivity index (χ3v) is 7.33. The molecule has 0 saturated heterocycles. The van der Waals surface area contributed by atoms with Crippen molar-refractivity contribution < 1.29 is 4.84 Å².